The summed E-state index contributed by atoms with van der Waals surface area (Å²) in [6, 6.07) is 1.43. The first-order valence-electron chi connectivity index (χ1n) is 6.48. The van der Waals surface area contributed by atoms with Crippen LogP contribution in [0.15, 0.2) is 23.3 Å². The number of nitrogens with zero attached hydrogens (tertiary/aromatic N) is 3. The van der Waals surface area contributed by atoms with E-state index in [1.54, 1.807) is 18.0 Å². The molecule has 0 saturated heterocycles. The van der Waals surface area contributed by atoms with Crippen LogP contribution in [0.5, 0.6) is 0 Å². The lowest BCUT2D eigenvalue weighted by atomic mass is 10.2. The molecule has 0 saturated carbocycles. The summed E-state index contributed by atoms with van der Waals surface area (Å²) in [5.41, 5.74) is 0.617. The van der Waals surface area contributed by atoms with Crippen molar-refractivity contribution in [2.24, 2.45) is 0 Å². The van der Waals surface area contributed by atoms with Gasteiger partial charge in [0.2, 0.25) is 0 Å². The topological polar surface area (TPSA) is 84.8 Å². The Bertz CT molecular complexity index is 617. The quantitative estimate of drug-likeness (QED) is 0.835. The Morgan fingerprint density at radius 2 is 2.30 bits per heavy atom. The summed E-state index contributed by atoms with van der Waals surface area (Å²) in [4.78, 5) is 18.7. The number of rotatable bonds is 6. The van der Waals surface area contributed by atoms with E-state index in [-0.39, 0.29) is 11.5 Å². The van der Waals surface area contributed by atoms with Crippen LogP contribution < -0.4 is 10.9 Å². The minimum Gasteiger partial charge on any atom is -0.383 e. The maximum absolute atomic E-state index is 11.6. The summed E-state index contributed by atoms with van der Waals surface area (Å²) >= 11 is 0. The van der Waals surface area contributed by atoms with Crippen molar-refractivity contribution in [3.63, 3.8) is 0 Å². The SMILES string of the molecule is COCCn1cc(Nc2cc(=O)[nH]c(C(C)C)n2)cn1. The van der Waals surface area contributed by atoms with Crippen LogP contribution in [0.3, 0.4) is 0 Å². The molecule has 0 aromatic carbocycles. The van der Waals surface area contributed by atoms with Gasteiger partial charge in [0.05, 0.1) is 25.0 Å². The van der Waals surface area contributed by atoms with Crippen LogP contribution in [0.25, 0.3) is 0 Å². The highest BCUT2D eigenvalue weighted by Crippen LogP contribution is 2.14. The van der Waals surface area contributed by atoms with Gasteiger partial charge in [-0.1, -0.05) is 13.8 Å². The molecule has 0 atom stereocenters. The summed E-state index contributed by atoms with van der Waals surface area (Å²) in [6.45, 7) is 5.23. The van der Waals surface area contributed by atoms with Gasteiger partial charge in [-0.2, -0.15) is 5.10 Å². The Morgan fingerprint density at radius 1 is 1.50 bits per heavy atom. The van der Waals surface area contributed by atoms with E-state index < -0.39 is 0 Å². The van der Waals surface area contributed by atoms with Gasteiger partial charge in [-0.3, -0.25) is 9.48 Å². The third-order valence-electron chi connectivity index (χ3n) is 2.74. The van der Waals surface area contributed by atoms with Gasteiger partial charge in [-0.25, -0.2) is 4.98 Å². The van der Waals surface area contributed by atoms with E-state index in [0.29, 0.717) is 24.8 Å². The van der Waals surface area contributed by atoms with Crippen molar-refractivity contribution in [2.75, 3.05) is 19.0 Å². The van der Waals surface area contributed by atoms with Crippen molar-refractivity contribution in [3.8, 4) is 0 Å². The molecule has 0 unspecified atom stereocenters. The highest BCUT2D eigenvalue weighted by molar-refractivity contribution is 5.53. The summed E-state index contributed by atoms with van der Waals surface area (Å²) < 4.78 is 6.76. The fraction of sp³-hybridized carbons (Fsp3) is 0.462. The molecule has 0 radical (unpaired) electrons. The lowest BCUT2D eigenvalue weighted by Crippen LogP contribution is -2.13. The summed E-state index contributed by atoms with van der Waals surface area (Å²) in [5, 5.41) is 7.27. The van der Waals surface area contributed by atoms with Crippen molar-refractivity contribution in [1.29, 1.82) is 0 Å². The van der Waals surface area contributed by atoms with Crippen molar-refractivity contribution in [1.82, 2.24) is 19.7 Å². The first-order chi connectivity index (χ1) is 9.58. The molecule has 0 fully saturated rings. The average molecular weight is 277 g/mol. The average Bonchev–Trinajstić information content (AvgIpc) is 2.83. The Morgan fingerprint density at radius 3 is 3.00 bits per heavy atom. The summed E-state index contributed by atoms with van der Waals surface area (Å²) in [5.74, 6) is 1.34. The summed E-state index contributed by atoms with van der Waals surface area (Å²) in [6.07, 6.45) is 3.53. The van der Waals surface area contributed by atoms with E-state index in [2.05, 4.69) is 20.4 Å². The van der Waals surface area contributed by atoms with Gasteiger partial charge in [-0.15, -0.1) is 0 Å². The molecule has 20 heavy (non-hydrogen) atoms. The van der Waals surface area contributed by atoms with E-state index >= 15 is 0 Å². The second-order valence-electron chi connectivity index (χ2n) is 4.78. The van der Waals surface area contributed by atoms with Crippen LogP contribution in [0, 0.1) is 0 Å². The highest BCUT2D eigenvalue weighted by Gasteiger charge is 2.06. The van der Waals surface area contributed by atoms with Crippen molar-refractivity contribution in [2.45, 2.75) is 26.3 Å². The summed E-state index contributed by atoms with van der Waals surface area (Å²) in [7, 11) is 1.65. The van der Waals surface area contributed by atoms with Gasteiger partial charge in [0.1, 0.15) is 11.6 Å². The first-order valence-corrected chi connectivity index (χ1v) is 6.48. The zero-order chi connectivity index (χ0) is 14.5. The predicted molar refractivity (Wildman–Crippen MR) is 76.3 cm³/mol. The fourth-order valence-corrected chi connectivity index (χ4v) is 1.70. The minimum atomic E-state index is -0.169. The van der Waals surface area contributed by atoms with Crippen molar-refractivity contribution >= 4 is 11.5 Å². The molecule has 108 valence electrons. The molecule has 2 aromatic heterocycles. The van der Waals surface area contributed by atoms with Gasteiger partial charge >= 0.3 is 0 Å². The maximum Gasteiger partial charge on any atom is 0.252 e. The zero-order valence-corrected chi connectivity index (χ0v) is 11.9. The van der Waals surface area contributed by atoms with Crippen LogP contribution in [-0.2, 0) is 11.3 Å². The van der Waals surface area contributed by atoms with Crippen LogP contribution in [-0.4, -0.2) is 33.5 Å². The van der Waals surface area contributed by atoms with Gasteiger partial charge in [0.25, 0.3) is 5.56 Å². The van der Waals surface area contributed by atoms with E-state index in [1.807, 2.05) is 20.0 Å². The number of aromatic amines is 1. The molecule has 0 spiro atoms. The second-order valence-corrected chi connectivity index (χ2v) is 4.78. The van der Waals surface area contributed by atoms with Gasteiger partial charge in [-0.05, 0) is 0 Å². The number of nitrogens with one attached hydrogen (secondary N) is 2. The standard InChI is InChI=1S/C13H19N5O2/c1-9(2)13-16-11(6-12(19)17-13)15-10-7-14-18(8-10)4-5-20-3/h6-9H,4-5H2,1-3H3,(H2,15,16,17,19). The third-order valence-corrected chi connectivity index (χ3v) is 2.74. The second kappa shape index (κ2) is 6.33. The highest BCUT2D eigenvalue weighted by atomic mass is 16.5. The lowest BCUT2D eigenvalue weighted by Gasteiger charge is -2.07. The molecule has 0 bridgehead atoms. The van der Waals surface area contributed by atoms with Crippen molar-refractivity contribution in [3.05, 3.63) is 34.6 Å². The number of hydrogen-bond donors (Lipinski definition) is 2. The van der Waals surface area contributed by atoms with Gasteiger partial charge in [0, 0.05) is 25.3 Å². The lowest BCUT2D eigenvalue weighted by molar-refractivity contribution is 0.183. The fourth-order valence-electron chi connectivity index (χ4n) is 1.70. The largest absolute Gasteiger partial charge is 0.383 e. The van der Waals surface area contributed by atoms with Gasteiger partial charge in [0.15, 0.2) is 0 Å². The number of H-pyrrole nitrogens is 1. The number of methoxy groups -OCH3 is 1. The van der Waals surface area contributed by atoms with Crippen LogP contribution in [0.1, 0.15) is 25.6 Å². The number of anilines is 2. The molecular formula is C13H19N5O2. The molecule has 2 N–H and O–H groups in total. The Balaban J connectivity index is 2.13. The van der Waals surface area contributed by atoms with Crippen LogP contribution in [0.4, 0.5) is 11.5 Å². The molecule has 2 aromatic rings. The Labute approximate surface area is 117 Å². The molecule has 2 rings (SSSR count). The van der Waals surface area contributed by atoms with E-state index in [9.17, 15) is 4.79 Å². The molecule has 0 aliphatic heterocycles. The molecule has 0 amide bonds. The molecule has 0 aliphatic carbocycles. The smallest absolute Gasteiger partial charge is 0.252 e. The van der Waals surface area contributed by atoms with Crippen LogP contribution >= 0.6 is 0 Å². The van der Waals surface area contributed by atoms with E-state index in [4.69, 9.17) is 4.74 Å². The number of ether oxygens (including phenoxy) is 1. The maximum atomic E-state index is 11.6. The minimum absolute atomic E-state index is 0.161. The van der Waals surface area contributed by atoms with Crippen LogP contribution in [0.2, 0.25) is 0 Å². The monoisotopic (exact) mass is 277 g/mol. The van der Waals surface area contributed by atoms with E-state index in [0.717, 1.165) is 5.69 Å². The Kier molecular flexibility index (Phi) is 4.52. The first kappa shape index (κ1) is 14.3. The normalized spacial score (nSPS) is 11.0. The van der Waals surface area contributed by atoms with E-state index in [1.165, 1.54) is 6.07 Å². The molecule has 2 heterocycles. The molecule has 0 aliphatic rings. The van der Waals surface area contributed by atoms with Gasteiger partial charge < -0.3 is 15.0 Å². The molecule has 7 heteroatoms. The van der Waals surface area contributed by atoms with Crippen molar-refractivity contribution < 1.29 is 4.74 Å². The number of aromatic nitrogens is 4. The Hall–Kier alpha value is -2.15. The third kappa shape index (κ3) is 3.67. The molecular weight excluding hydrogens is 258 g/mol. The zero-order valence-electron chi connectivity index (χ0n) is 11.9. The predicted octanol–water partition coefficient (Wildman–Crippen LogP) is 1.48. The molecule has 7 nitrogen and oxygen atoms in total. The number of hydrogen-bond acceptors (Lipinski definition) is 5.